The fourth-order valence-electron chi connectivity index (χ4n) is 3.63. The standard InChI is InChI=1S/C27H19Br2N3O5/c1-2-36-23-13-16(12-22(29)24(23)37-15-18-6-4-3-5-17(18)14-30)11-21-25(33)31-27(35)32(26(21)34)20-9-7-19(28)8-10-20/h3-13H,2,15H2,1H3,(H,31,33,35)/b21-11+. The summed E-state index contributed by atoms with van der Waals surface area (Å²) in [5.41, 5.74) is 1.80. The minimum atomic E-state index is -0.827. The van der Waals surface area contributed by atoms with Gasteiger partial charge in [0.1, 0.15) is 12.2 Å². The Morgan fingerprint density at radius 1 is 1.03 bits per heavy atom. The van der Waals surface area contributed by atoms with Gasteiger partial charge in [0, 0.05) is 10.0 Å². The van der Waals surface area contributed by atoms with Crippen molar-refractivity contribution in [1.29, 1.82) is 5.26 Å². The van der Waals surface area contributed by atoms with E-state index in [2.05, 4.69) is 43.2 Å². The van der Waals surface area contributed by atoms with E-state index in [1.54, 1.807) is 54.6 Å². The number of imide groups is 2. The van der Waals surface area contributed by atoms with Crippen molar-refractivity contribution in [3.05, 3.63) is 91.9 Å². The minimum Gasteiger partial charge on any atom is -0.490 e. The molecule has 37 heavy (non-hydrogen) atoms. The summed E-state index contributed by atoms with van der Waals surface area (Å²) < 4.78 is 13.0. The predicted molar refractivity (Wildman–Crippen MR) is 144 cm³/mol. The smallest absolute Gasteiger partial charge is 0.335 e. The summed E-state index contributed by atoms with van der Waals surface area (Å²) >= 11 is 6.80. The van der Waals surface area contributed by atoms with Crippen LogP contribution in [0.4, 0.5) is 10.5 Å². The van der Waals surface area contributed by atoms with E-state index in [9.17, 15) is 19.6 Å². The molecule has 0 radical (unpaired) electrons. The molecule has 3 aromatic rings. The first-order chi connectivity index (χ1) is 17.8. The average molecular weight is 625 g/mol. The maximum absolute atomic E-state index is 13.2. The highest BCUT2D eigenvalue weighted by atomic mass is 79.9. The van der Waals surface area contributed by atoms with Crippen LogP contribution < -0.4 is 19.7 Å². The van der Waals surface area contributed by atoms with E-state index >= 15 is 0 Å². The van der Waals surface area contributed by atoms with Gasteiger partial charge < -0.3 is 9.47 Å². The predicted octanol–water partition coefficient (Wildman–Crippen LogP) is 5.73. The fourth-order valence-corrected chi connectivity index (χ4v) is 4.47. The molecule has 1 aliphatic rings. The molecule has 0 saturated carbocycles. The summed E-state index contributed by atoms with van der Waals surface area (Å²) in [6.45, 7) is 2.28. The molecular formula is C27H19Br2N3O5. The Balaban J connectivity index is 1.67. The van der Waals surface area contributed by atoms with Crippen LogP contribution in [-0.4, -0.2) is 24.5 Å². The van der Waals surface area contributed by atoms with Crippen LogP contribution in [0.1, 0.15) is 23.6 Å². The molecule has 0 atom stereocenters. The van der Waals surface area contributed by atoms with Crippen LogP contribution in [0.3, 0.4) is 0 Å². The lowest BCUT2D eigenvalue weighted by Crippen LogP contribution is -2.54. The second-order valence-corrected chi connectivity index (χ2v) is 9.52. The van der Waals surface area contributed by atoms with Gasteiger partial charge in [0.05, 0.1) is 28.4 Å². The molecule has 0 unspecified atom stereocenters. The summed E-state index contributed by atoms with van der Waals surface area (Å²) in [6.07, 6.45) is 1.39. The van der Waals surface area contributed by atoms with Crippen molar-refractivity contribution in [3.8, 4) is 17.6 Å². The number of ether oxygens (including phenoxy) is 2. The number of benzene rings is 3. The molecule has 1 fully saturated rings. The minimum absolute atomic E-state index is 0.133. The van der Waals surface area contributed by atoms with Crippen LogP contribution in [0, 0.1) is 11.3 Å². The molecule has 10 heteroatoms. The number of nitrogens with one attached hydrogen (secondary N) is 1. The summed E-state index contributed by atoms with van der Waals surface area (Å²) in [4.78, 5) is 39.1. The van der Waals surface area contributed by atoms with Gasteiger partial charge in [-0.15, -0.1) is 0 Å². The van der Waals surface area contributed by atoms with E-state index in [0.717, 1.165) is 9.37 Å². The normalized spacial score (nSPS) is 14.4. The highest BCUT2D eigenvalue weighted by Crippen LogP contribution is 2.38. The Kier molecular flexibility index (Phi) is 8.06. The molecule has 4 amide bonds. The zero-order valence-corrected chi connectivity index (χ0v) is 22.6. The van der Waals surface area contributed by atoms with Crippen molar-refractivity contribution >= 4 is 61.5 Å². The molecule has 4 rings (SSSR count). The van der Waals surface area contributed by atoms with Gasteiger partial charge in [0.15, 0.2) is 11.5 Å². The number of urea groups is 1. The van der Waals surface area contributed by atoms with Crippen LogP contribution in [-0.2, 0) is 16.2 Å². The first-order valence-electron chi connectivity index (χ1n) is 11.1. The van der Waals surface area contributed by atoms with Gasteiger partial charge in [-0.1, -0.05) is 34.1 Å². The summed E-state index contributed by atoms with van der Waals surface area (Å²) in [5, 5.41) is 11.5. The number of anilines is 1. The third kappa shape index (κ3) is 5.74. The first kappa shape index (κ1) is 26.1. The third-order valence-corrected chi connectivity index (χ3v) is 6.46. The van der Waals surface area contributed by atoms with E-state index < -0.39 is 17.8 Å². The Labute approximate surface area is 229 Å². The number of nitriles is 1. The lowest BCUT2D eigenvalue weighted by molar-refractivity contribution is -0.122. The number of halogens is 2. The summed E-state index contributed by atoms with van der Waals surface area (Å²) in [5.74, 6) is -0.769. The molecule has 1 N–H and O–H groups in total. The Bertz CT molecular complexity index is 1460. The molecule has 0 spiro atoms. The quantitative estimate of drug-likeness (QED) is 0.266. The van der Waals surface area contributed by atoms with Crippen molar-refractivity contribution in [2.75, 3.05) is 11.5 Å². The van der Waals surface area contributed by atoms with Crippen LogP contribution in [0.15, 0.2) is 75.2 Å². The maximum atomic E-state index is 13.2. The SMILES string of the molecule is CCOc1cc(/C=C2\C(=O)NC(=O)N(c3ccc(Br)cc3)C2=O)cc(Br)c1OCc1ccccc1C#N. The van der Waals surface area contributed by atoms with Crippen molar-refractivity contribution in [3.63, 3.8) is 0 Å². The number of carbonyl (C=O) groups excluding carboxylic acids is 3. The molecule has 0 bridgehead atoms. The summed E-state index contributed by atoms with van der Waals surface area (Å²) in [6, 6.07) is 18.3. The topological polar surface area (TPSA) is 109 Å². The number of hydrogen-bond acceptors (Lipinski definition) is 6. The van der Waals surface area contributed by atoms with E-state index in [1.807, 2.05) is 13.0 Å². The molecule has 8 nitrogen and oxygen atoms in total. The van der Waals surface area contributed by atoms with E-state index in [4.69, 9.17) is 9.47 Å². The maximum Gasteiger partial charge on any atom is 0.335 e. The van der Waals surface area contributed by atoms with Gasteiger partial charge in [-0.05, 0) is 77.0 Å². The molecule has 0 aromatic heterocycles. The van der Waals surface area contributed by atoms with Gasteiger partial charge in [-0.3, -0.25) is 14.9 Å². The largest absolute Gasteiger partial charge is 0.490 e. The van der Waals surface area contributed by atoms with E-state index in [-0.39, 0.29) is 12.2 Å². The number of amides is 4. The monoisotopic (exact) mass is 623 g/mol. The van der Waals surface area contributed by atoms with E-state index in [1.165, 1.54) is 6.08 Å². The second-order valence-electron chi connectivity index (χ2n) is 7.75. The molecule has 1 aliphatic heterocycles. The van der Waals surface area contributed by atoms with Gasteiger partial charge >= 0.3 is 6.03 Å². The average Bonchev–Trinajstić information content (AvgIpc) is 2.87. The van der Waals surface area contributed by atoms with Gasteiger partial charge in [0.2, 0.25) is 0 Å². The molecular weight excluding hydrogens is 606 g/mol. The van der Waals surface area contributed by atoms with Crippen molar-refractivity contribution in [2.24, 2.45) is 0 Å². The Morgan fingerprint density at radius 2 is 1.76 bits per heavy atom. The Morgan fingerprint density at radius 3 is 2.46 bits per heavy atom. The number of nitrogens with zero attached hydrogens (tertiary/aromatic N) is 2. The number of barbiturate groups is 1. The summed E-state index contributed by atoms with van der Waals surface area (Å²) in [7, 11) is 0. The zero-order chi connectivity index (χ0) is 26.5. The number of rotatable bonds is 7. The van der Waals surface area contributed by atoms with Crippen molar-refractivity contribution in [1.82, 2.24) is 5.32 Å². The number of hydrogen-bond donors (Lipinski definition) is 1. The first-order valence-corrected chi connectivity index (χ1v) is 12.6. The van der Waals surface area contributed by atoms with Crippen LogP contribution in [0.25, 0.3) is 6.08 Å². The Hall–Kier alpha value is -3.94. The molecule has 1 saturated heterocycles. The van der Waals surface area contributed by atoms with Crippen LogP contribution in [0.2, 0.25) is 0 Å². The van der Waals surface area contributed by atoms with Gasteiger partial charge in [-0.25, -0.2) is 9.69 Å². The second kappa shape index (κ2) is 11.4. The highest BCUT2D eigenvalue weighted by Gasteiger charge is 2.36. The lowest BCUT2D eigenvalue weighted by atomic mass is 10.1. The fraction of sp³-hybridized carbons (Fsp3) is 0.111. The lowest BCUT2D eigenvalue weighted by Gasteiger charge is -2.26. The van der Waals surface area contributed by atoms with E-state index in [0.29, 0.717) is 45.0 Å². The van der Waals surface area contributed by atoms with Gasteiger partial charge in [-0.2, -0.15) is 5.26 Å². The molecule has 3 aromatic carbocycles. The molecule has 186 valence electrons. The van der Waals surface area contributed by atoms with Crippen LogP contribution in [0.5, 0.6) is 11.5 Å². The van der Waals surface area contributed by atoms with Crippen LogP contribution >= 0.6 is 31.9 Å². The van der Waals surface area contributed by atoms with Crippen molar-refractivity contribution < 1.29 is 23.9 Å². The number of carbonyl (C=O) groups is 3. The highest BCUT2D eigenvalue weighted by molar-refractivity contribution is 9.10. The van der Waals surface area contributed by atoms with Crippen molar-refractivity contribution in [2.45, 2.75) is 13.5 Å². The molecule has 0 aliphatic carbocycles. The van der Waals surface area contributed by atoms with Gasteiger partial charge in [0.25, 0.3) is 11.8 Å². The molecule has 1 heterocycles. The third-order valence-electron chi connectivity index (χ3n) is 5.34. The zero-order valence-electron chi connectivity index (χ0n) is 19.5.